The molecule has 0 bridgehead atoms. The van der Waals surface area contributed by atoms with Gasteiger partial charge in [-0.05, 0) is 35.6 Å². The van der Waals surface area contributed by atoms with E-state index in [-0.39, 0.29) is 11.5 Å². The van der Waals surface area contributed by atoms with Gasteiger partial charge in [-0.15, -0.1) is 0 Å². The largest absolute Gasteiger partial charge is 0.478 e. The molecule has 1 aliphatic heterocycles. The molecule has 1 aliphatic rings. The Bertz CT molecular complexity index is 731. The van der Waals surface area contributed by atoms with Crippen LogP contribution in [0.3, 0.4) is 0 Å². The average molecular weight is 311 g/mol. The molecule has 118 valence electrons. The molecule has 3 heterocycles. The zero-order valence-electron chi connectivity index (χ0n) is 12.6. The van der Waals surface area contributed by atoms with Gasteiger partial charge in [-0.3, -0.25) is 14.8 Å². The Balaban J connectivity index is 1.66. The molecular formula is C17H17N3O3. The molecule has 0 aliphatic carbocycles. The van der Waals surface area contributed by atoms with E-state index in [1.54, 1.807) is 23.5 Å². The van der Waals surface area contributed by atoms with Crippen LogP contribution in [-0.4, -0.2) is 38.4 Å². The first kappa shape index (κ1) is 15.1. The minimum absolute atomic E-state index is 0.0697. The van der Waals surface area contributed by atoms with E-state index in [2.05, 4.69) is 9.97 Å². The van der Waals surface area contributed by atoms with Crippen molar-refractivity contribution in [2.24, 2.45) is 0 Å². The zero-order valence-corrected chi connectivity index (χ0v) is 12.6. The van der Waals surface area contributed by atoms with E-state index >= 15 is 0 Å². The molecule has 0 saturated heterocycles. The number of aromatic nitrogens is 2. The van der Waals surface area contributed by atoms with Crippen molar-refractivity contribution >= 4 is 11.9 Å². The molecule has 0 aromatic carbocycles. The summed E-state index contributed by atoms with van der Waals surface area (Å²) in [6.45, 7) is 0.971. The summed E-state index contributed by atoms with van der Waals surface area (Å²) in [6.07, 6.45) is 8.14. The van der Waals surface area contributed by atoms with Crippen molar-refractivity contribution in [1.29, 1.82) is 0 Å². The van der Waals surface area contributed by atoms with Gasteiger partial charge in [0, 0.05) is 44.3 Å². The maximum atomic E-state index is 12.4. The number of aromatic carboxylic acids is 1. The molecule has 1 N–H and O–H groups in total. The van der Waals surface area contributed by atoms with E-state index in [1.807, 2.05) is 12.1 Å². The lowest BCUT2D eigenvalue weighted by atomic mass is 9.97. The first-order valence-electron chi connectivity index (χ1n) is 7.51. The van der Waals surface area contributed by atoms with Crippen LogP contribution in [0.5, 0.6) is 0 Å². The quantitative estimate of drug-likeness (QED) is 0.929. The van der Waals surface area contributed by atoms with Crippen LogP contribution < -0.4 is 0 Å². The fourth-order valence-corrected chi connectivity index (χ4v) is 2.85. The zero-order chi connectivity index (χ0) is 16.2. The Morgan fingerprint density at radius 2 is 2.09 bits per heavy atom. The van der Waals surface area contributed by atoms with Gasteiger partial charge in [-0.2, -0.15) is 0 Å². The number of pyridine rings is 2. The van der Waals surface area contributed by atoms with Crippen LogP contribution in [0, 0.1) is 0 Å². The van der Waals surface area contributed by atoms with E-state index in [0.717, 1.165) is 16.7 Å². The Morgan fingerprint density at radius 1 is 1.22 bits per heavy atom. The highest BCUT2D eigenvalue weighted by molar-refractivity contribution is 5.89. The minimum atomic E-state index is -0.967. The van der Waals surface area contributed by atoms with Gasteiger partial charge >= 0.3 is 5.97 Å². The van der Waals surface area contributed by atoms with Crippen molar-refractivity contribution in [3.05, 3.63) is 59.2 Å². The molecule has 3 rings (SSSR count). The smallest absolute Gasteiger partial charge is 0.337 e. The third-order valence-corrected chi connectivity index (χ3v) is 4.07. The maximum Gasteiger partial charge on any atom is 0.337 e. The van der Waals surface area contributed by atoms with Gasteiger partial charge in [0.1, 0.15) is 0 Å². The van der Waals surface area contributed by atoms with E-state index in [9.17, 15) is 14.7 Å². The van der Waals surface area contributed by atoms with Crippen LogP contribution >= 0.6 is 0 Å². The average Bonchev–Trinajstić information content (AvgIpc) is 2.59. The van der Waals surface area contributed by atoms with Crippen molar-refractivity contribution in [1.82, 2.24) is 14.9 Å². The third-order valence-electron chi connectivity index (χ3n) is 4.07. The number of amides is 1. The first-order valence-corrected chi connectivity index (χ1v) is 7.51. The molecule has 6 heteroatoms. The Morgan fingerprint density at radius 3 is 2.83 bits per heavy atom. The summed E-state index contributed by atoms with van der Waals surface area (Å²) in [5.41, 5.74) is 2.90. The Hall–Kier alpha value is -2.76. The highest BCUT2D eigenvalue weighted by Crippen LogP contribution is 2.22. The monoisotopic (exact) mass is 311 g/mol. The number of hydrogen-bond acceptors (Lipinski definition) is 4. The normalized spacial score (nSPS) is 13.5. The number of carbonyl (C=O) groups excluding carboxylic acids is 1. The van der Waals surface area contributed by atoms with Crippen molar-refractivity contribution < 1.29 is 14.7 Å². The molecule has 0 atom stereocenters. The van der Waals surface area contributed by atoms with E-state index in [1.165, 1.54) is 6.20 Å². The number of carboxylic acids is 1. The van der Waals surface area contributed by atoms with Crippen LogP contribution in [0.1, 0.15) is 33.5 Å². The Labute approximate surface area is 133 Å². The van der Waals surface area contributed by atoms with Crippen LogP contribution in [0.2, 0.25) is 0 Å². The van der Waals surface area contributed by atoms with E-state index in [0.29, 0.717) is 32.4 Å². The lowest BCUT2D eigenvalue weighted by molar-refractivity contribution is -0.132. The number of aryl methyl sites for hydroxylation is 1. The van der Waals surface area contributed by atoms with Crippen LogP contribution in [0.25, 0.3) is 0 Å². The number of carboxylic acid groups (broad SMARTS) is 1. The molecule has 0 radical (unpaired) electrons. The summed E-state index contributed by atoms with van der Waals surface area (Å²) in [6, 6.07) is 3.81. The molecule has 1 amide bonds. The fourth-order valence-electron chi connectivity index (χ4n) is 2.85. The second kappa shape index (κ2) is 6.56. The van der Waals surface area contributed by atoms with Gasteiger partial charge in [0.15, 0.2) is 0 Å². The first-order chi connectivity index (χ1) is 11.1. The predicted octanol–water partition coefficient (Wildman–Crippen LogP) is 1.69. The number of nitrogens with zero attached hydrogens (tertiary/aromatic N) is 3. The minimum Gasteiger partial charge on any atom is -0.478 e. The number of carbonyl (C=O) groups is 2. The predicted molar refractivity (Wildman–Crippen MR) is 82.9 cm³/mol. The van der Waals surface area contributed by atoms with E-state index < -0.39 is 5.97 Å². The summed E-state index contributed by atoms with van der Waals surface area (Å²) in [5.74, 6) is -0.897. The number of fused-ring (bicyclic) bond motifs is 1. The van der Waals surface area contributed by atoms with Crippen molar-refractivity contribution in [2.45, 2.75) is 25.8 Å². The van der Waals surface area contributed by atoms with Gasteiger partial charge in [-0.25, -0.2) is 4.79 Å². The molecule has 2 aromatic heterocycles. The maximum absolute atomic E-state index is 12.4. The van der Waals surface area contributed by atoms with Crippen LogP contribution in [0.15, 0.2) is 36.9 Å². The molecular weight excluding hydrogens is 294 g/mol. The van der Waals surface area contributed by atoms with Crippen molar-refractivity contribution in [2.75, 3.05) is 6.54 Å². The molecule has 0 spiro atoms. The van der Waals surface area contributed by atoms with Crippen LogP contribution in [0.4, 0.5) is 0 Å². The van der Waals surface area contributed by atoms with Gasteiger partial charge < -0.3 is 10.0 Å². The topological polar surface area (TPSA) is 83.4 Å². The summed E-state index contributed by atoms with van der Waals surface area (Å²) in [5, 5.41) is 9.20. The molecule has 23 heavy (non-hydrogen) atoms. The fraction of sp³-hybridized carbons (Fsp3) is 0.294. The summed E-state index contributed by atoms with van der Waals surface area (Å²) < 4.78 is 0. The number of hydrogen-bond donors (Lipinski definition) is 1. The van der Waals surface area contributed by atoms with Crippen LogP contribution in [-0.2, 0) is 24.2 Å². The SMILES string of the molecule is O=C(O)c1cncc2c1CCN(C(=O)CCc1cccnc1)C2. The highest BCUT2D eigenvalue weighted by Gasteiger charge is 2.24. The van der Waals surface area contributed by atoms with Gasteiger partial charge in [-0.1, -0.05) is 6.07 Å². The molecule has 0 saturated carbocycles. The molecule has 2 aromatic rings. The van der Waals surface area contributed by atoms with Gasteiger partial charge in [0.05, 0.1) is 5.56 Å². The molecule has 0 fully saturated rings. The highest BCUT2D eigenvalue weighted by atomic mass is 16.4. The summed E-state index contributed by atoms with van der Waals surface area (Å²) >= 11 is 0. The summed E-state index contributed by atoms with van der Waals surface area (Å²) in [4.78, 5) is 33.4. The lowest BCUT2D eigenvalue weighted by Crippen LogP contribution is -2.36. The Kier molecular flexibility index (Phi) is 4.32. The van der Waals surface area contributed by atoms with Crippen molar-refractivity contribution in [3.63, 3.8) is 0 Å². The number of rotatable bonds is 4. The summed E-state index contributed by atoms with van der Waals surface area (Å²) in [7, 11) is 0. The molecule has 0 unspecified atom stereocenters. The van der Waals surface area contributed by atoms with E-state index in [4.69, 9.17) is 0 Å². The van der Waals surface area contributed by atoms with Crippen molar-refractivity contribution in [3.8, 4) is 0 Å². The van der Waals surface area contributed by atoms with Gasteiger partial charge in [0.2, 0.25) is 5.91 Å². The standard InChI is InChI=1S/C17H17N3O3/c21-16(4-3-12-2-1-6-18-8-12)20-7-5-14-13(11-20)9-19-10-15(14)17(22)23/h1-2,6,8-10H,3-5,7,11H2,(H,22,23). The molecule has 6 nitrogen and oxygen atoms in total. The second-order valence-electron chi connectivity index (χ2n) is 5.56. The van der Waals surface area contributed by atoms with Gasteiger partial charge in [0.25, 0.3) is 0 Å². The lowest BCUT2D eigenvalue weighted by Gasteiger charge is -2.29. The second-order valence-corrected chi connectivity index (χ2v) is 5.56. The third kappa shape index (κ3) is 3.36.